The van der Waals surface area contributed by atoms with Gasteiger partial charge < -0.3 is 9.73 Å². The highest BCUT2D eigenvalue weighted by atomic mass is 19.1. The Morgan fingerprint density at radius 1 is 1.04 bits per heavy atom. The predicted molar refractivity (Wildman–Crippen MR) is 107 cm³/mol. The molecular weight excluding hydrogens is 355 g/mol. The molecule has 0 unspecified atom stereocenters. The molecule has 0 fully saturated rings. The number of aromatic nitrogens is 3. The van der Waals surface area contributed by atoms with E-state index in [-0.39, 0.29) is 5.82 Å². The van der Waals surface area contributed by atoms with Crippen molar-refractivity contribution in [3.05, 3.63) is 84.1 Å². The van der Waals surface area contributed by atoms with E-state index in [2.05, 4.69) is 15.4 Å². The van der Waals surface area contributed by atoms with Crippen molar-refractivity contribution in [1.82, 2.24) is 14.8 Å². The second-order valence-electron chi connectivity index (χ2n) is 6.76. The summed E-state index contributed by atoms with van der Waals surface area (Å²) in [5.41, 5.74) is 3.26. The number of nitrogens with zero attached hydrogens (tertiary/aromatic N) is 3. The fourth-order valence-corrected chi connectivity index (χ4v) is 3.36. The number of furan rings is 1. The first-order chi connectivity index (χ1) is 13.7. The molecule has 6 heteroatoms. The number of aryl methyl sites for hydroxylation is 1. The van der Waals surface area contributed by atoms with Gasteiger partial charge in [0.2, 0.25) is 0 Å². The molecule has 0 amide bonds. The van der Waals surface area contributed by atoms with Crippen molar-refractivity contribution in [3.63, 3.8) is 0 Å². The Balaban J connectivity index is 1.47. The molecule has 0 aliphatic heterocycles. The van der Waals surface area contributed by atoms with Gasteiger partial charge in [0, 0.05) is 34.3 Å². The Morgan fingerprint density at radius 3 is 2.82 bits per heavy atom. The van der Waals surface area contributed by atoms with Gasteiger partial charge in [-0.05, 0) is 37.3 Å². The van der Waals surface area contributed by atoms with Crippen LogP contribution in [0.2, 0.25) is 0 Å². The number of fused-ring (bicyclic) bond motifs is 2. The van der Waals surface area contributed by atoms with Crippen LogP contribution in [-0.2, 0) is 6.54 Å². The molecule has 28 heavy (non-hydrogen) atoms. The minimum Gasteiger partial charge on any atom is -0.461 e. The van der Waals surface area contributed by atoms with Crippen molar-refractivity contribution in [3.8, 4) is 0 Å². The molecule has 5 aromatic rings. The standard InChI is InChI=1S/C22H17FN4O/c1-14-8-16-9-18(6-7-21(16)28-14)26-22-10-20-17(11-24-22)12-25-27(20)13-15-4-2-3-5-19(15)23/h2-12H,13H2,1H3,(H,24,26). The number of hydrogen-bond acceptors (Lipinski definition) is 4. The fraction of sp³-hybridized carbons (Fsp3) is 0.0909. The van der Waals surface area contributed by atoms with E-state index in [1.165, 1.54) is 6.07 Å². The SMILES string of the molecule is Cc1cc2cc(Nc3cc4c(cn3)cnn4Cc3ccccc3F)ccc2o1. The highest BCUT2D eigenvalue weighted by Gasteiger charge is 2.09. The van der Waals surface area contributed by atoms with Crippen LogP contribution in [0.25, 0.3) is 21.9 Å². The van der Waals surface area contributed by atoms with Gasteiger partial charge in [-0.1, -0.05) is 18.2 Å². The molecule has 5 rings (SSSR count). The van der Waals surface area contributed by atoms with Gasteiger partial charge in [-0.3, -0.25) is 4.68 Å². The number of rotatable bonds is 4. The number of nitrogens with one attached hydrogen (secondary N) is 1. The van der Waals surface area contributed by atoms with Crippen molar-refractivity contribution in [2.75, 3.05) is 5.32 Å². The summed E-state index contributed by atoms with van der Waals surface area (Å²) in [6, 6.07) is 16.6. The maximum absolute atomic E-state index is 14.0. The number of pyridine rings is 1. The summed E-state index contributed by atoms with van der Waals surface area (Å²) in [6.07, 6.45) is 3.51. The van der Waals surface area contributed by atoms with E-state index in [1.807, 2.05) is 43.3 Å². The average Bonchev–Trinajstić information content (AvgIpc) is 3.25. The summed E-state index contributed by atoms with van der Waals surface area (Å²) in [4.78, 5) is 4.46. The zero-order valence-electron chi connectivity index (χ0n) is 15.2. The van der Waals surface area contributed by atoms with Crippen molar-refractivity contribution >= 4 is 33.4 Å². The lowest BCUT2D eigenvalue weighted by Crippen LogP contribution is -2.03. The first kappa shape index (κ1) is 16.5. The van der Waals surface area contributed by atoms with Crippen molar-refractivity contribution in [2.24, 2.45) is 0 Å². The van der Waals surface area contributed by atoms with Gasteiger partial charge in [0.1, 0.15) is 23.0 Å². The highest BCUT2D eigenvalue weighted by Crippen LogP contribution is 2.26. The van der Waals surface area contributed by atoms with Crippen LogP contribution in [0.4, 0.5) is 15.9 Å². The Bertz CT molecular complexity index is 1300. The second kappa shape index (κ2) is 6.49. The van der Waals surface area contributed by atoms with Gasteiger partial charge >= 0.3 is 0 Å². The van der Waals surface area contributed by atoms with Crippen LogP contribution < -0.4 is 5.32 Å². The molecule has 1 N–H and O–H groups in total. The van der Waals surface area contributed by atoms with Gasteiger partial charge in [-0.15, -0.1) is 0 Å². The third-order valence-electron chi connectivity index (χ3n) is 4.72. The smallest absolute Gasteiger partial charge is 0.134 e. The number of hydrogen-bond donors (Lipinski definition) is 1. The Morgan fingerprint density at radius 2 is 1.93 bits per heavy atom. The normalized spacial score (nSPS) is 11.4. The van der Waals surface area contributed by atoms with E-state index >= 15 is 0 Å². The quantitative estimate of drug-likeness (QED) is 0.458. The fourth-order valence-electron chi connectivity index (χ4n) is 3.36. The Labute approximate surface area is 160 Å². The minimum atomic E-state index is -0.234. The average molecular weight is 372 g/mol. The summed E-state index contributed by atoms with van der Waals surface area (Å²) < 4.78 is 21.4. The van der Waals surface area contributed by atoms with Gasteiger partial charge in [0.15, 0.2) is 0 Å². The van der Waals surface area contributed by atoms with Gasteiger partial charge in [-0.2, -0.15) is 5.10 Å². The molecule has 0 saturated carbocycles. The third kappa shape index (κ3) is 2.99. The lowest BCUT2D eigenvalue weighted by molar-refractivity contribution is 0.578. The molecule has 3 aromatic heterocycles. The molecule has 2 aromatic carbocycles. The van der Waals surface area contributed by atoms with Crippen molar-refractivity contribution in [1.29, 1.82) is 0 Å². The maximum atomic E-state index is 14.0. The lowest BCUT2D eigenvalue weighted by atomic mass is 10.2. The summed E-state index contributed by atoms with van der Waals surface area (Å²) in [6.45, 7) is 2.29. The Kier molecular flexibility index (Phi) is 3.83. The van der Waals surface area contributed by atoms with Crippen LogP contribution in [0.15, 0.2) is 71.4 Å². The molecule has 0 spiro atoms. The zero-order chi connectivity index (χ0) is 19.1. The lowest BCUT2D eigenvalue weighted by Gasteiger charge is -2.08. The van der Waals surface area contributed by atoms with Gasteiger partial charge in [0.25, 0.3) is 0 Å². The molecular formula is C22H17FN4O. The molecule has 0 saturated heterocycles. The number of anilines is 2. The van der Waals surface area contributed by atoms with E-state index in [1.54, 1.807) is 29.2 Å². The van der Waals surface area contributed by atoms with Crippen LogP contribution in [0.1, 0.15) is 11.3 Å². The molecule has 0 atom stereocenters. The topological polar surface area (TPSA) is 55.9 Å². The summed E-state index contributed by atoms with van der Waals surface area (Å²) >= 11 is 0. The highest BCUT2D eigenvalue weighted by molar-refractivity contribution is 5.84. The first-order valence-corrected chi connectivity index (χ1v) is 8.98. The number of benzene rings is 2. The molecule has 0 radical (unpaired) electrons. The maximum Gasteiger partial charge on any atom is 0.134 e. The second-order valence-corrected chi connectivity index (χ2v) is 6.76. The molecule has 0 bridgehead atoms. The van der Waals surface area contributed by atoms with Gasteiger partial charge in [-0.25, -0.2) is 9.37 Å². The zero-order valence-corrected chi connectivity index (χ0v) is 15.2. The number of halogens is 1. The molecule has 3 heterocycles. The third-order valence-corrected chi connectivity index (χ3v) is 4.72. The molecule has 5 nitrogen and oxygen atoms in total. The van der Waals surface area contributed by atoms with Crippen LogP contribution in [0.5, 0.6) is 0 Å². The summed E-state index contributed by atoms with van der Waals surface area (Å²) in [5.74, 6) is 1.34. The van der Waals surface area contributed by atoms with E-state index in [0.29, 0.717) is 17.9 Å². The van der Waals surface area contributed by atoms with Crippen LogP contribution in [0, 0.1) is 12.7 Å². The van der Waals surface area contributed by atoms with E-state index < -0.39 is 0 Å². The largest absolute Gasteiger partial charge is 0.461 e. The van der Waals surface area contributed by atoms with Crippen molar-refractivity contribution < 1.29 is 8.81 Å². The summed E-state index contributed by atoms with van der Waals surface area (Å²) in [7, 11) is 0. The predicted octanol–water partition coefficient (Wildman–Crippen LogP) is 5.42. The van der Waals surface area contributed by atoms with Crippen LogP contribution in [-0.4, -0.2) is 14.8 Å². The van der Waals surface area contributed by atoms with E-state index in [4.69, 9.17) is 4.42 Å². The van der Waals surface area contributed by atoms with Crippen LogP contribution >= 0.6 is 0 Å². The summed E-state index contributed by atoms with van der Waals surface area (Å²) in [5, 5.41) is 9.66. The van der Waals surface area contributed by atoms with E-state index in [9.17, 15) is 4.39 Å². The monoisotopic (exact) mass is 372 g/mol. The minimum absolute atomic E-state index is 0.234. The molecule has 138 valence electrons. The van der Waals surface area contributed by atoms with Crippen LogP contribution in [0.3, 0.4) is 0 Å². The van der Waals surface area contributed by atoms with Gasteiger partial charge in [0.05, 0.1) is 18.3 Å². The molecule has 0 aliphatic carbocycles. The first-order valence-electron chi connectivity index (χ1n) is 8.98. The van der Waals surface area contributed by atoms with Crippen molar-refractivity contribution in [2.45, 2.75) is 13.5 Å². The molecule has 0 aliphatic rings. The Hall–Kier alpha value is -3.67. The van der Waals surface area contributed by atoms with E-state index in [0.717, 1.165) is 33.3 Å².